The largest absolute Gasteiger partial charge is 0.497 e. The molecule has 3 N–H and O–H groups in total. The Hall–Kier alpha value is -3.61. The van der Waals surface area contributed by atoms with Crippen LogP contribution in [0.25, 0.3) is 6.08 Å². The third-order valence-corrected chi connectivity index (χ3v) is 5.33. The highest BCUT2D eigenvalue weighted by Gasteiger charge is 2.20. The molecule has 32 heavy (non-hydrogen) atoms. The summed E-state index contributed by atoms with van der Waals surface area (Å²) in [6.45, 7) is 1.42. The van der Waals surface area contributed by atoms with Gasteiger partial charge in [-0.3, -0.25) is 14.4 Å². The zero-order valence-corrected chi connectivity index (χ0v) is 18.4. The minimum absolute atomic E-state index is 0.115. The van der Waals surface area contributed by atoms with Crippen LogP contribution < -0.4 is 20.7 Å². The zero-order chi connectivity index (χ0) is 22.9. The van der Waals surface area contributed by atoms with Gasteiger partial charge in [0.25, 0.3) is 11.8 Å². The summed E-state index contributed by atoms with van der Waals surface area (Å²) < 4.78 is 5.18. The monoisotopic (exact) mass is 435 g/mol. The first-order chi connectivity index (χ1) is 15.4. The Kier molecular flexibility index (Phi) is 8.02. The van der Waals surface area contributed by atoms with Crippen molar-refractivity contribution in [3.8, 4) is 5.75 Å². The number of carbonyl (C=O) groups excluding carboxylic acids is 3. The number of hydrogen-bond acceptors (Lipinski definition) is 4. The number of amides is 3. The van der Waals surface area contributed by atoms with Crippen LogP contribution in [0.1, 0.15) is 54.9 Å². The summed E-state index contributed by atoms with van der Waals surface area (Å²) in [4.78, 5) is 37.0. The van der Waals surface area contributed by atoms with Crippen molar-refractivity contribution in [2.24, 2.45) is 0 Å². The Morgan fingerprint density at radius 1 is 0.938 bits per heavy atom. The zero-order valence-electron chi connectivity index (χ0n) is 18.4. The van der Waals surface area contributed by atoms with Crippen LogP contribution in [0, 0.1) is 0 Å². The molecule has 7 nitrogen and oxygen atoms in total. The van der Waals surface area contributed by atoms with Crippen molar-refractivity contribution < 1.29 is 19.1 Å². The van der Waals surface area contributed by atoms with E-state index in [2.05, 4.69) is 16.0 Å². The average molecular weight is 436 g/mol. The molecule has 3 amide bonds. The second-order valence-corrected chi connectivity index (χ2v) is 7.85. The third kappa shape index (κ3) is 6.70. The molecule has 0 heterocycles. The van der Waals surface area contributed by atoms with Gasteiger partial charge in [-0.25, -0.2) is 0 Å². The van der Waals surface area contributed by atoms with E-state index in [0.29, 0.717) is 17.0 Å². The summed E-state index contributed by atoms with van der Waals surface area (Å²) >= 11 is 0. The average Bonchev–Trinajstić information content (AvgIpc) is 2.80. The van der Waals surface area contributed by atoms with E-state index in [-0.39, 0.29) is 23.6 Å². The molecule has 7 heteroatoms. The van der Waals surface area contributed by atoms with Crippen LogP contribution in [-0.2, 0) is 9.59 Å². The minimum Gasteiger partial charge on any atom is -0.497 e. The Labute approximate surface area is 188 Å². The molecule has 0 spiro atoms. The second-order valence-electron chi connectivity index (χ2n) is 7.85. The second kappa shape index (κ2) is 11.1. The molecule has 0 unspecified atom stereocenters. The molecular weight excluding hydrogens is 406 g/mol. The van der Waals surface area contributed by atoms with E-state index in [0.717, 1.165) is 31.2 Å². The van der Waals surface area contributed by atoms with E-state index in [4.69, 9.17) is 4.74 Å². The quantitative estimate of drug-likeness (QED) is 0.575. The lowest BCUT2D eigenvalue weighted by Gasteiger charge is -2.23. The van der Waals surface area contributed by atoms with E-state index in [1.807, 2.05) is 12.1 Å². The molecule has 168 valence electrons. The van der Waals surface area contributed by atoms with E-state index in [1.165, 1.54) is 13.3 Å². The Balaban J connectivity index is 1.78. The summed E-state index contributed by atoms with van der Waals surface area (Å²) in [5.41, 5.74) is 1.92. The normalized spacial score (nSPS) is 14.4. The maximum absolute atomic E-state index is 13.0. The number of anilines is 1. The number of benzene rings is 2. The number of carbonyl (C=O) groups is 3. The summed E-state index contributed by atoms with van der Waals surface area (Å²) in [6, 6.07) is 13.8. The van der Waals surface area contributed by atoms with E-state index in [9.17, 15) is 14.4 Å². The lowest BCUT2D eigenvalue weighted by Crippen LogP contribution is -2.41. The van der Waals surface area contributed by atoms with Gasteiger partial charge in [0.1, 0.15) is 11.4 Å². The highest BCUT2D eigenvalue weighted by molar-refractivity contribution is 6.05. The molecular formula is C25H29N3O4. The first kappa shape index (κ1) is 23.1. The van der Waals surface area contributed by atoms with Crippen molar-refractivity contribution in [3.05, 3.63) is 65.4 Å². The third-order valence-electron chi connectivity index (χ3n) is 5.33. The number of nitrogens with one attached hydrogen (secondary N) is 3. The first-order valence-corrected chi connectivity index (χ1v) is 10.8. The van der Waals surface area contributed by atoms with Gasteiger partial charge < -0.3 is 20.7 Å². The fraction of sp³-hybridized carbons (Fsp3) is 0.320. The predicted molar refractivity (Wildman–Crippen MR) is 124 cm³/mol. The topological polar surface area (TPSA) is 96.5 Å². The molecule has 0 aliphatic heterocycles. The van der Waals surface area contributed by atoms with Gasteiger partial charge in [-0.15, -0.1) is 0 Å². The molecule has 2 aromatic carbocycles. The molecule has 1 aliphatic carbocycles. The number of ether oxygens (including phenoxy) is 1. The van der Waals surface area contributed by atoms with Gasteiger partial charge in [-0.1, -0.05) is 31.4 Å². The molecule has 3 rings (SSSR count). The van der Waals surface area contributed by atoms with E-state index < -0.39 is 5.91 Å². The van der Waals surface area contributed by atoms with Crippen molar-refractivity contribution in [3.63, 3.8) is 0 Å². The van der Waals surface area contributed by atoms with Crippen LogP contribution >= 0.6 is 0 Å². The highest BCUT2D eigenvalue weighted by atomic mass is 16.5. The maximum Gasteiger partial charge on any atom is 0.268 e. The lowest BCUT2D eigenvalue weighted by molar-refractivity contribution is -0.118. The van der Waals surface area contributed by atoms with Crippen molar-refractivity contribution in [2.45, 2.75) is 45.1 Å². The van der Waals surface area contributed by atoms with Crippen molar-refractivity contribution in [1.82, 2.24) is 10.6 Å². The molecule has 0 aromatic heterocycles. The number of methoxy groups -OCH3 is 1. The highest BCUT2D eigenvalue weighted by Crippen LogP contribution is 2.19. The SMILES string of the molecule is COc1ccc(/C=C(/NC(=O)c2ccc(NC(C)=O)cc2)C(=O)NC2CCCCC2)cc1. The maximum atomic E-state index is 13.0. The first-order valence-electron chi connectivity index (χ1n) is 10.8. The molecule has 0 radical (unpaired) electrons. The number of rotatable bonds is 7. The molecule has 1 fully saturated rings. The summed E-state index contributed by atoms with van der Waals surface area (Å²) in [5, 5.41) is 8.47. The smallest absolute Gasteiger partial charge is 0.268 e. The Morgan fingerprint density at radius 2 is 1.59 bits per heavy atom. The van der Waals surface area contributed by atoms with Crippen LogP contribution in [-0.4, -0.2) is 30.9 Å². The van der Waals surface area contributed by atoms with Gasteiger partial charge in [0.05, 0.1) is 7.11 Å². The van der Waals surface area contributed by atoms with Crippen LogP contribution in [0.15, 0.2) is 54.2 Å². The van der Waals surface area contributed by atoms with Gasteiger partial charge in [0.2, 0.25) is 5.91 Å². The summed E-state index contributed by atoms with van der Waals surface area (Å²) in [7, 11) is 1.59. The minimum atomic E-state index is -0.405. The van der Waals surface area contributed by atoms with Crippen LogP contribution in [0.4, 0.5) is 5.69 Å². The van der Waals surface area contributed by atoms with Gasteiger partial charge in [-0.05, 0) is 60.9 Å². The van der Waals surface area contributed by atoms with Gasteiger partial charge >= 0.3 is 0 Å². The Morgan fingerprint density at radius 3 is 2.19 bits per heavy atom. The molecule has 1 saturated carbocycles. The van der Waals surface area contributed by atoms with Gasteiger partial charge in [0, 0.05) is 24.2 Å². The molecule has 0 atom stereocenters. The van der Waals surface area contributed by atoms with Crippen molar-refractivity contribution in [1.29, 1.82) is 0 Å². The van der Waals surface area contributed by atoms with Crippen molar-refractivity contribution in [2.75, 3.05) is 12.4 Å². The van der Waals surface area contributed by atoms with Crippen LogP contribution in [0.2, 0.25) is 0 Å². The van der Waals surface area contributed by atoms with Gasteiger partial charge in [0.15, 0.2) is 0 Å². The fourth-order valence-corrected chi connectivity index (χ4v) is 3.64. The van der Waals surface area contributed by atoms with Crippen LogP contribution in [0.5, 0.6) is 5.75 Å². The fourth-order valence-electron chi connectivity index (χ4n) is 3.64. The standard InChI is InChI=1S/C25H29N3O4/c1-17(29)26-21-12-10-19(11-13-21)24(30)28-23(16-18-8-14-22(32-2)15-9-18)25(31)27-20-6-4-3-5-7-20/h8-16,20H,3-7H2,1-2H3,(H,26,29)(H,27,31)(H,28,30)/b23-16+. The molecule has 0 saturated heterocycles. The summed E-state index contributed by atoms with van der Waals surface area (Å²) in [6.07, 6.45) is 6.92. The molecule has 1 aliphatic rings. The molecule has 2 aromatic rings. The van der Waals surface area contributed by atoms with E-state index in [1.54, 1.807) is 49.6 Å². The van der Waals surface area contributed by atoms with E-state index >= 15 is 0 Å². The van der Waals surface area contributed by atoms with Crippen molar-refractivity contribution >= 4 is 29.5 Å². The summed E-state index contributed by atoms with van der Waals surface area (Å²) in [5.74, 6) is -0.196. The van der Waals surface area contributed by atoms with Crippen LogP contribution in [0.3, 0.4) is 0 Å². The predicted octanol–water partition coefficient (Wildman–Crippen LogP) is 3.87. The van der Waals surface area contributed by atoms with Gasteiger partial charge in [-0.2, -0.15) is 0 Å². The Bertz CT molecular complexity index is 975. The number of hydrogen-bond donors (Lipinski definition) is 3. The lowest BCUT2D eigenvalue weighted by atomic mass is 9.95. The molecule has 0 bridgehead atoms.